The van der Waals surface area contributed by atoms with E-state index in [9.17, 15) is 9.59 Å². The molecule has 8 heteroatoms. The minimum Gasteiger partial charge on any atom is -0.376 e. The van der Waals surface area contributed by atoms with Gasteiger partial charge in [0.25, 0.3) is 5.56 Å². The number of hydrogen-bond donors (Lipinski definition) is 1. The van der Waals surface area contributed by atoms with Gasteiger partial charge in [-0.2, -0.15) is 5.10 Å². The summed E-state index contributed by atoms with van der Waals surface area (Å²) in [7, 11) is 0. The highest BCUT2D eigenvalue weighted by atomic mass is 16.5. The van der Waals surface area contributed by atoms with Crippen LogP contribution in [0.4, 0.5) is 0 Å². The van der Waals surface area contributed by atoms with Crippen molar-refractivity contribution >= 4 is 5.91 Å². The standard InChI is InChI=1S/C19H27N5O3/c1-5-16-14(4)21-19(24-13(3)9-12(2)22-24)23(18(16)26)11-17(25)20-10-15-7-6-8-27-15/h9,15H,5-8,10-11H2,1-4H3,(H,20,25). The van der Waals surface area contributed by atoms with Crippen molar-refractivity contribution in [1.82, 2.24) is 24.6 Å². The number of aromatic nitrogens is 4. The van der Waals surface area contributed by atoms with Crippen LogP contribution in [0.3, 0.4) is 0 Å². The molecule has 27 heavy (non-hydrogen) atoms. The van der Waals surface area contributed by atoms with E-state index >= 15 is 0 Å². The molecule has 8 nitrogen and oxygen atoms in total. The predicted octanol–water partition coefficient (Wildman–Crippen LogP) is 1.21. The fraction of sp³-hybridized carbons (Fsp3) is 0.579. The van der Waals surface area contributed by atoms with Gasteiger partial charge in [-0.3, -0.25) is 14.2 Å². The van der Waals surface area contributed by atoms with E-state index in [1.165, 1.54) is 4.57 Å². The largest absolute Gasteiger partial charge is 0.376 e. The Morgan fingerprint density at radius 3 is 2.74 bits per heavy atom. The third kappa shape index (κ3) is 4.10. The van der Waals surface area contributed by atoms with Crippen molar-refractivity contribution in [3.63, 3.8) is 0 Å². The summed E-state index contributed by atoms with van der Waals surface area (Å²) < 4.78 is 8.57. The van der Waals surface area contributed by atoms with Gasteiger partial charge in [0.1, 0.15) is 6.54 Å². The van der Waals surface area contributed by atoms with E-state index in [-0.39, 0.29) is 24.1 Å². The van der Waals surface area contributed by atoms with Crippen LogP contribution in [0.1, 0.15) is 42.4 Å². The molecule has 0 saturated carbocycles. The Morgan fingerprint density at radius 1 is 1.37 bits per heavy atom. The zero-order chi connectivity index (χ0) is 19.6. The van der Waals surface area contributed by atoms with Crippen molar-refractivity contribution in [1.29, 1.82) is 0 Å². The van der Waals surface area contributed by atoms with Crippen LogP contribution in [-0.4, -0.2) is 44.5 Å². The maximum atomic E-state index is 13.0. The molecule has 3 heterocycles. The third-order valence-corrected chi connectivity index (χ3v) is 4.85. The predicted molar refractivity (Wildman–Crippen MR) is 101 cm³/mol. The molecule has 0 aromatic carbocycles. The maximum absolute atomic E-state index is 13.0. The van der Waals surface area contributed by atoms with Gasteiger partial charge in [-0.25, -0.2) is 9.67 Å². The van der Waals surface area contributed by atoms with Crippen LogP contribution in [0.5, 0.6) is 0 Å². The fourth-order valence-corrected chi connectivity index (χ4v) is 3.46. The normalized spacial score (nSPS) is 16.7. The van der Waals surface area contributed by atoms with Crippen LogP contribution in [0.2, 0.25) is 0 Å². The van der Waals surface area contributed by atoms with Crippen LogP contribution in [0.25, 0.3) is 5.95 Å². The molecule has 1 amide bonds. The highest BCUT2D eigenvalue weighted by Gasteiger charge is 2.20. The van der Waals surface area contributed by atoms with E-state index in [1.807, 2.05) is 33.8 Å². The first kappa shape index (κ1) is 19.3. The van der Waals surface area contributed by atoms with E-state index in [2.05, 4.69) is 15.4 Å². The van der Waals surface area contributed by atoms with Crippen LogP contribution in [-0.2, 0) is 22.5 Å². The summed E-state index contributed by atoms with van der Waals surface area (Å²) in [5, 5.41) is 7.31. The molecule has 1 aliphatic heterocycles. The summed E-state index contributed by atoms with van der Waals surface area (Å²) in [6.45, 7) is 8.62. The molecular formula is C19H27N5O3. The molecule has 0 bridgehead atoms. The number of carbonyl (C=O) groups excluding carboxylic acids is 1. The van der Waals surface area contributed by atoms with Crippen molar-refractivity contribution < 1.29 is 9.53 Å². The lowest BCUT2D eigenvalue weighted by Crippen LogP contribution is -2.39. The topological polar surface area (TPSA) is 91.0 Å². The van der Waals surface area contributed by atoms with Gasteiger partial charge in [0, 0.05) is 24.4 Å². The van der Waals surface area contributed by atoms with Crippen LogP contribution >= 0.6 is 0 Å². The minimum atomic E-state index is -0.233. The average Bonchev–Trinajstić information content (AvgIpc) is 3.25. The Morgan fingerprint density at radius 2 is 2.15 bits per heavy atom. The number of rotatable bonds is 6. The second kappa shape index (κ2) is 8.04. The first-order valence-corrected chi connectivity index (χ1v) is 9.43. The summed E-state index contributed by atoms with van der Waals surface area (Å²) in [6, 6.07) is 1.91. The zero-order valence-electron chi connectivity index (χ0n) is 16.4. The summed E-state index contributed by atoms with van der Waals surface area (Å²) in [6.07, 6.45) is 2.59. The summed E-state index contributed by atoms with van der Waals surface area (Å²) in [4.78, 5) is 30.1. The number of aryl methyl sites for hydroxylation is 3. The molecular weight excluding hydrogens is 346 g/mol. The van der Waals surface area contributed by atoms with Crippen molar-refractivity contribution in [3.8, 4) is 5.95 Å². The van der Waals surface area contributed by atoms with E-state index in [1.54, 1.807) is 4.68 Å². The number of hydrogen-bond acceptors (Lipinski definition) is 5. The first-order chi connectivity index (χ1) is 12.9. The highest BCUT2D eigenvalue weighted by Crippen LogP contribution is 2.12. The van der Waals surface area contributed by atoms with Crippen LogP contribution < -0.4 is 10.9 Å². The Bertz CT molecular complexity index is 893. The number of ether oxygens (including phenoxy) is 1. The molecule has 1 atom stereocenters. The van der Waals surface area contributed by atoms with Crippen LogP contribution in [0.15, 0.2) is 10.9 Å². The molecule has 1 fully saturated rings. The number of nitrogens with one attached hydrogen (secondary N) is 1. The van der Waals surface area contributed by atoms with E-state index in [4.69, 9.17) is 4.74 Å². The van der Waals surface area contributed by atoms with Gasteiger partial charge in [-0.1, -0.05) is 6.92 Å². The molecule has 1 unspecified atom stereocenters. The molecule has 0 spiro atoms. The molecule has 1 saturated heterocycles. The third-order valence-electron chi connectivity index (χ3n) is 4.85. The quantitative estimate of drug-likeness (QED) is 0.822. The van der Waals surface area contributed by atoms with Crippen molar-refractivity contribution in [3.05, 3.63) is 39.1 Å². The van der Waals surface area contributed by atoms with Crippen molar-refractivity contribution in [2.75, 3.05) is 13.2 Å². The second-order valence-corrected chi connectivity index (χ2v) is 7.00. The Hall–Kier alpha value is -2.48. The Labute approximate surface area is 158 Å². The van der Waals surface area contributed by atoms with Gasteiger partial charge in [0.2, 0.25) is 11.9 Å². The average molecular weight is 373 g/mol. The van der Waals surface area contributed by atoms with Gasteiger partial charge in [-0.05, 0) is 46.1 Å². The Kier molecular flexibility index (Phi) is 5.74. The van der Waals surface area contributed by atoms with Crippen molar-refractivity contribution in [2.24, 2.45) is 0 Å². The number of carbonyl (C=O) groups is 1. The van der Waals surface area contributed by atoms with Gasteiger partial charge < -0.3 is 10.1 Å². The molecule has 146 valence electrons. The first-order valence-electron chi connectivity index (χ1n) is 9.43. The highest BCUT2D eigenvalue weighted by molar-refractivity contribution is 5.76. The summed E-state index contributed by atoms with van der Waals surface area (Å²) in [5.74, 6) is 0.135. The molecule has 1 aliphatic rings. The SMILES string of the molecule is CCc1c(C)nc(-n2nc(C)cc2C)n(CC(=O)NCC2CCCO2)c1=O. The summed E-state index contributed by atoms with van der Waals surface area (Å²) in [5.41, 5.74) is 2.78. The minimum absolute atomic E-state index is 0.0588. The molecule has 0 aliphatic carbocycles. The second-order valence-electron chi connectivity index (χ2n) is 7.00. The summed E-state index contributed by atoms with van der Waals surface area (Å²) >= 11 is 0. The Balaban J connectivity index is 1.92. The van der Waals surface area contributed by atoms with E-state index in [0.717, 1.165) is 30.8 Å². The van der Waals surface area contributed by atoms with Gasteiger partial charge >= 0.3 is 0 Å². The molecule has 3 rings (SSSR count). The number of nitrogens with zero attached hydrogens (tertiary/aromatic N) is 4. The van der Waals surface area contributed by atoms with Crippen molar-refractivity contribution in [2.45, 2.75) is 59.6 Å². The molecule has 2 aromatic heterocycles. The van der Waals surface area contributed by atoms with E-state index in [0.29, 0.717) is 30.2 Å². The van der Waals surface area contributed by atoms with Gasteiger partial charge in [0.05, 0.1) is 17.5 Å². The lowest BCUT2D eigenvalue weighted by molar-refractivity contribution is -0.122. The lowest BCUT2D eigenvalue weighted by Gasteiger charge is -2.16. The maximum Gasteiger partial charge on any atom is 0.258 e. The molecule has 2 aromatic rings. The van der Waals surface area contributed by atoms with E-state index < -0.39 is 0 Å². The lowest BCUT2D eigenvalue weighted by atomic mass is 10.2. The van der Waals surface area contributed by atoms with Gasteiger partial charge in [0.15, 0.2) is 0 Å². The zero-order valence-corrected chi connectivity index (χ0v) is 16.4. The number of amides is 1. The molecule has 1 N–H and O–H groups in total. The fourth-order valence-electron chi connectivity index (χ4n) is 3.46. The molecule has 0 radical (unpaired) electrons. The van der Waals surface area contributed by atoms with Gasteiger partial charge in [-0.15, -0.1) is 0 Å². The van der Waals surface area contributed by atoms with Crippen LogP contribution in [0, 0.1) is 20.8 Å². The monoisotopic (exact) mass is 373 g/mol. The smallest absolute Gasteiger partial charge is 0.258 e.